The van der Waals surface area contributed by atoms with Gasteiger partial charge in [-0.25, -0.2) is 16.8 Å². The van der Waals surface area contributed by atoms with Crippen LogP contribution in [0.25, 0.3) is 0 Å². The van der Waals surface area contributed by atoms with Gasteiger partial charge in [-0.1, -0.05) is 18.2 Å². The van der Waals surface area contributed by atoms with E-state index in [4.69, 9.17) is 0 Å². The minimum atomic E-state index is -3.76. The Morgan fingerprint density at radius 1 is 0.941 bits per heavy atom. The van der Waals surface area contributed by atoms with E-state index in [-0.39, 0.29) is 29.8 Å². The van der Waals surface area contributed by atoms with E-state index in [1.165, 1.54) is 27.8 Å². The molecule has 4 rings (SSSR count). The zero-order valence-electron chi connectivity index (χ0n) is 18.5. The molecule has 0 bridgehead atoms. The molecule has 2 heterocycles. The van der Waals surface area contributed by atoms with E-state index in [0.29, 0.717) is 28.4 Å². The minimum Gasteiger partial charge on any atom is -0.326 e. The molecule has 0 saturated carbocycles. The highest BCUT2D eigenvalue weighted by molar-refractivity contribution is 7.92. The zero-order valence-corrected chi connectivity index (χ0v) is 20.9. The van der Waals surface area contributed by atoms with Gasteiger partial charge in [-0.2, -0.15) is 4.31 Å². The van der Waals surface area contributed by atoms with Gasteiger partial charge in [0.15, 0.2) is 0 Å². The van der Waals surface area contributed by atoms with Crippen LogP contribution in [0.4, 0.5) is 11.4 Å². The van der Waals surface area contributed by atoms with E-state index in [2.05, 4.69) is 10.0 Å². The lowest BCUT2D eigenvalue weighted by atomic mass is 9.97. The number of amides is 1. The molecule has 11 heteroatoms. The molecule has 3 aromatic rings. The summed E-state index contributed by atoms with van der Waals surface area (Å²) in [5.74, 6) is -0.525. The van der Waals surface area contributed by atoms with Crippen molar-refractivity contribution < 1.29 is 21.6 Å². The van der Waals surface area contributed by atoms with Gasteiger partial charge >= 0.3 is 0 Å². The highest BCUT2D eigenvalue weighted by atomic mass is 32.2. The number of hydrogen-bond donors (Lipinski definition) is 2. The average molecular weight is 520 g/mol. The number of thiophene rings is 1. The summed E-state index contributed by atoms with van der Waals surface area (Å²) in [7, 11) is -7.27. The van der Waals surface area contributed by atoms with Crippen molar-refractivity contribution in [1.82, 2.24) is 4.31 Å². The first kappa shape index (κ1) is 24.4. The Morgan fingerprint density at radius 2 is 1.65 bits per heavy atom. The second-order valence-corrected chi connectivity index (χ2v) is 12.9. The first-order valence-electron chi connectivity index (χ1n) is 10.7. The summed E-state index contributed by atoms with van der Waals surface area (Å²) in [5.41, 5.74) is 1.89. The molecule has 0 spiro atoms. The van der Waals surface area contributed by atoms with Crippen LogP contribution in [0, 0.1) is 12.8 Å². The fraction of sp³-hybridized carbons (Fsp3) is 0.261. The summed E-state index contributed by atoms with van der Waals surface area (Å²) in [4.78, 5) is 12.8. The fourth-order valence-electron chi connectivity index (χ4n) is 3.78. The Hall–Kier alpha value is -2.73. The Morgan fingerprint density at radius 3 is 2.26 bits per heavy atom. The number of piperidine rings is 1. The Labute approximate surface area is 203 Å². The maximum atomic E-state index is 12.7. The van der Waals surface area contributed by atoms with E-state index in [1.54, 1.807) is 47.8 Å². The number of nitrogens with zero attached hydrogens (tertiary/aromatic N) is 1. The first-order chi connectivity index (χ1) is 16.1. The smallest absolute Gasteiger partial charge is 0.261 e. The van der Waals surface area contributed by atoms with Gasteiger partial charge in [-0.05, 0) is 73.2 Å². The van der Waals surface area contributed by atoms with Crippen molar-refractivity contribution in [2.24, 2.45) is 5.92 Å². The van der Waals surface area contributed by atoms with E-state index >= 15 is 0 Å². The van der Waals surface area contributed by atoms with Crippen LogP contribution in [0.5, 0.6) is 0 Å². The number of sulfonamides is 2. The third-order valence-electron chi connectivity index (χ3n) is 5.62. The number of nitrogens with one attached hydrogen (secondary N) is 2. The normalized spacial score (nSPS) is 15.7. The monoisotopic (exact) mass is 519 g/mol. The quantitative estimate of drug-likeness (QED) is 0.492. The van der Waals surface area contributed by atoms with Gasteiger partial charge in [0, 0.05) is 30.4 Å². The van der Waals surface area contributed by atoms with Crippen LogP contribution in [0.2, 0.25) is 0 Å². The molecule has 1 saturated heterocycles. The van der Waals surface area contributed by atoms with E-state index in [1.807, 2.05) is 13.0 Å². The third kappa shape index (κ3) is 5.49. The Kier molecular flexibility index (Phi) is 7.08. The number of aryl methyl sites for hydroxylation is 1. The molecule has 1 aliphatic heterocycles. The molecule has 0 radical (unpaired) electrons. The van der Waals surface area contributed by atoms with E-state index in [9.17, 15) is 21.6 Å². The van der Waals surface area contributed by atoms with Crippen molar-refractivity contribution in [3.05, 3.63) is 71.6 Å². The molecule has 0 atom stereocenters. The van der Waals surface area contributed by atoms with Crippen molar-refractivity contribution in [1.29, 1.82) is 0 Å². The molecule has 34 heavy (non-hydrogen) atoms. The number of anilines is 2. The molecule has 8 nitrogen and oxygen atoms in total. The SMILES string of the molecule is Cc1cccc(NS(=O)(=O)c2ccc(NC(=O)C3CCN(S(=O)(=O)c4cccs4)CC3)cc2)c1. The van der Waals surface area contributed by atoms with Gasteiger partial charge < -0.3 is 5.32 Å². The average Bonchev–Trinajstić information content (AvgIpc) is 3.35. The van der Waals surface area contributed by atoms with Gasteiger partial charge in [-0.3, -0.25) is 9.52 Å². The molecule has 1 aromatic heterocycles. The fourth-order valence-corrected chi connectivity index (χ4v) is 7.44. The zero-order chi connectivity index (χ0) is 24.3. The second kappa shape index (κ2) is 9.87. The maximum absolute atomic E-state index is 12.7. The second-order valence-electron chi connectivity index (χ2n) is 8.10. The van der Waals surface area contributed by atoms with Gasteiger partial charge in [-0.15, -0.1) is 11.3 Å². The predicted octanol–water partition coefficient (Wildman–Crippen LogP) is 3.90. The number of carbonyl (C=O) groups excluding carboxylic acids is 1. The van der Waals surface area contributed by atoms with Crippen LogP contribution >= 0.6 is 11.3 Å². The maximum Gasteiger partial charge on any atom is 0.261 e. The standard InChI is InChI=1S/C23H25N3O5S3/c1-17-4-2-5-20(16-17)25-33(28,29)21-9-7-19(8-10-21)24-23(27)18-11-13-26(14-12-18)34(30,31)22-6-3-15-32-22/h2-10,15-16,18,25H,11-14H2,1H3,(H,24,27). The Bertz CT molecular complexity index is 1360. The van der Waals surface area contributed by atoms with Gasteiger partial charge in [0.1, 0.15) is 4.21 Å². The van der Waals surface area contributed by atoms with Crippen LogP contribution in [0.15, 0.2) is 75.1 Å². The van der Waals surface area contributed by atoms with Crippen LogP contribution in [0.1, 0.15) is 18.4 Å². The number of hydrogen-bond acceptors (Lipinski definition) is 6. The van der Waals surface area contributed by atoms with Crippen molar-refractivity contribution in [3.8, 4) is 0 Å². The number of carbonyl (C=O) groups is 1. The first-order valence-corrected chi connectivity index (χ1v) is 14.5. The van der Waals surface area contributed by atoms with Crippen LogP contribution in [-0.4, -0.2) is 40.1 Å². The molecule has 1 aliphatic rings. The van der Waals surface area contributed by atoms with E-state index < -0.39 is 20.0 Å². The van der Waals surface area contributed by atoms with Crippen molar-refractivity contribution in [2.45, 2.75) is 28.9 Å². The molecule has 0 unspecified atom stereocenters. The molecule has 1 fully saturated rings. The summed E-state index contributed by atoms with van der Waals surface area (Å²) in [5, 5.41) is 4.53. The molecular formula is C23H25N3O5S3. The summed E-state index contributed by atoms with van der Waals surface area (Å²) >= 11 is 1.18. The summed E-state index contributed by atoms with van der Waals surface area (Å²) in [6.07, 6.45) is 0.840. The van der Waals surface area contributed by atoms with Crippen LogP contribution in [-0.2, 0) is 24.8 Å². The number of rotatable bonds is 7. The topological polar surface area (TPSA) is 113 Å². The van der Waals surface area contributed by atoms with Crippen molar-refractivity contribution in [2.75, 3.05) is 23.1 Å². The van der Waals surface area contributed by atoms with Crippen molar-refractivity contribution >= 4 is 48.7 Å². The summed E-state index contributed by atoms with van der Waals surface area (Å²) in [6.45, 7) is 2.43. The van der Waals surface area contributed by atoms with Crippen LogP contribution < -0.4 is 10.0 Å². The largest absolute Gasteiger partial charge is 0.326 e. The van der Waals surface area contributed by atoms with E-state index in [0.717, 1.165) is 5.56 Å². The molecule has 2 N–H and O–H groups in total. The highest BCUT2D eigenvalue weighted by Crippen LogP contribution is 2.27. The molecule has 2 aromatic carbocycles. The third-order valence-corrected chi connectivity index (χ3v) is 10.3. The summed E-state index contributed by atoms with van der Waals surface area (Å²) in [6, 6.07) is 16.3. The van der Waals surface area contributed by atoms with Gasteiger partial charge in [0.05, 0.1) is 4.90 Å². The molecule has 180 valence electrons. The number of benzene rings is 2. The lowest BCUT2D eigenvalue weighted by Gasteiger charge is -2.30. The van der Waals surface area contributed by atoms with Gasteiger partial charge in [0.2, 0.25) is 5.91 Å². The minimum absolute atomic E-state index is 0.0825. The van der Waals surface area contributed by atoms with Crippen molar-refractivity contribution in [3.63, 3.8) is 0 Å². The van der Waals surface area contributed by atoms with Crippen LogP contribution in [0.3, 0.4) is 0 Å². The summed E-state index contributed by atoms with van der Waals surface area (Å²) < 4.78 is 54.8. The predicted molar refractivity (Wildman–Crippen MR) is 133 cm³/mol. The molecule has 1 amide bonds. The highest BCUT2D eigenvalue weighted by Gasteiger charge is 2.32. The molecule has 0 aliphatic carbocycles. The Balaban J connectivity index is 1.34. The van der Waals surface area contributed by atoms with Gasteiger partial charge in [0.25, 0.3) is 20.0 Å². The lowest BCUT2D eigenvalue weighted by Crippen LogP contribution is -2.41. The lowest BCUT2D eigenvalue weighted by molar-refractivity contribution is -0.120. The molecular weight excluding hydrogens is 494 g/mol.